The van der Waals surface area contributed by atoms with Crippen molar-refractivity contribution in [1.82, 2.24) is 9.55 Å². The zero-order chi connectivity index (χ0) is 14.8. The third kappa shape index (κ3) is 2.67. The van der Waals surface area contributed by atoms with E-state index < -0.39 is 4.92 Å². The first-order valence-electron chi connectivity index (χ1n) is 6.89. The number of nitrogens with one attached hydrogen (secondary N) is 2. The number of para-hydroxylation sites is 1. The van der Waals surface area contributed by atoms with Crippen molar-refractivity contribution in [2.45, 2.75) is 18.9 Å². The molecule has 0 amide bonds. The third-order valence-corrected chi connectivity index (χ3v) is 3.75. The normalized spacial score (nSPS) is 16.9. The molecule has 110 valence electrons. The van der Waals surface area contributed by atoms with Crippen molar-refractivity contribution < 1.29 is 4.92 Å². The maximum Gasteiger partial charge on any atom is 0.406 e. The quantitative estimate of drug-likeness (QED) is 0.665. The standard InChI is InChI=1S/C14H17N5O2/c1-18-9-16-14(19(20)21)13(18)15-8-11-7-6-10-4-2-3-5-12(10)17-11/h2-5,9,11,15,17H,6-8H2,1H3/t11-/m1/s1. The van der Waals surface area contributed by atoms with Gasteiger partial charge < -0.3 is 20.7 Å². The number of imidazole rings is 1. The van der Waals surface area contributed by atoms with Crippen LogP contribution in [-0.2, 0) is 13.5 Å². The molecule has 0 radical (unpaired) electrons. The van der Waals surface area contributed by atoms with Gasteiger partial charge in [0.25, 0.3) is 0 Å². The van der Waals surface area contributed by atoms with E-state index in [1.807, 2.05) is 12.1 Å². The molecule has 0 saturated carbocycles. The minimum atomic E-state index is -0.466. The molecular formula is C14H17N5O2. The lowest BCUT2D eigenvalue weighted by molar-refractivity contribution is -0.388. The van der Waals surface area contributed by atoms with Crippen LogP contribution in [0.3, 0.4) is 0 Å². The van der Waals surface area contributed by atoms with E-state index in [2.05, 4.69) is 27.8 Å². The summed E-state index contributed by atoms with van der Waals surface area (Å²) in [6.45, 7) is 0.620. The van der Waals surface area contributed by atoms with E-state index in [4.69, 9.17) is 0 Å². The number of aromatic nitrogens is 2. The summed E-state index contributed by atoms with van der Waals surface area (Å²) >= 11 is 0. The second-order valence-electron chi connectivity index (χ2n) is 5.20. The van der Waals surface area contributed by atoms with Gasteiger partial charge in [-0.2, -0.15) is 0 Å². The average molecular weight is 287 g/mol. The maximum absolute atomic E-state index is 10.9. The molecule has 2 aromatic rings. The molecule has 0 aliphatic carbocycles. The molecule has 7 nitrogen and oxygen atoms in total. The van der Waals surface area contributed by atoms with Gasteiger partial charge >= 0.3 is 5.82 Å². The molecule has 2 N–H and O–H groups in total. The molecule has 0 saturated heterocycles. The molecular weight excluding hydrogens is 270 g/mol. The molecule has 1 atom stereocenters. The van der Waals surface area contributed by atoms with Crippen molar-refractivity contribution in [1.29, 1.82) is 0 Å². The predicted molar refractivity (Wildman–Crippen MR) is 80.5 cm³/mol. The molecule has 1 aromatic heterocycles. The Hall–Kier alpha value is -2.57. The molecule has 0 spiro atoms. The molecule has 0 bridgehead atoms. The molecule has 0 fully saturated rings. The molecule has 3 rings (SSSR count). The Bertz CT molecular complexity index is 667. The number of rotatable bonds is 4. The van der Waals surface area contributed by atoms with Crippen LogP contribution in [0.2, 0.25) is 0 Å². The van der Waals surface area contributed by atoms with E-state index in [1.54, 1.807) is 11.6 Å². The Labute approximate surface area is 122 Å². The maximum atomic E-state index is 10.9. The van der Waals surface area contributed by atoms with Gasteiger partial charge in [-0.25, -0.2) is 0 Å². The number of hydrogen-bond acceptors (Lipinski definition) is 5. The van der Waals surface area contributed by atoms with E-state index in [-0.39, 0.29) is 11.9 Å². The summed E-state index contributed by atoms with van der Waals surface area (Å²) in [4.78, 5) is 14.3. The second-order valence-corrected chi connectivity index (χ2v) is 5.20. The average Bonchev–Trinajstić information content (AvgIpc) is 2.86. The van der Waals surface area contributed by atoms with E-state index in [0.29, 0.717) is 12.4 Å². The van der Waals surface area contributed by atoms with Crippen LogP contribution in [0.25, 0.3) is 0 Å². The van der Waals surface area contributed by atoms with Gasteiger partial charge in [-0.05, 0) is 34.4 Å². The van der Waals surface area contributed by atoms with Crippen LogP contribution in [0, 0.1) is 10.1 Å². The van der Waals surface area contributed by atoms with E-state index in [0.717, 1.165) is 18.5 Å². The lowest BCUT2D eigenvalue weighted by Crippen LogP contribution is -2.32. The Kier molecular flexibility index (Phi) is 3.47. The molecule has 1 aromatic carbocycles. The van der Waals surface area contributed by atoms with Gasteiger partial charge in [0.1, 0.15) is 0 Å². The van der Waals surface area contributed by atoms with Crippen molar-refractivity contribution in [2.24, 2.45) is 7.05 Å². The van der Waals surface area contributed by atoms with Crippen LogP contribution in [0.5, 0.6) is 0 Å². The molecule has 2 heterocycles. The largest absolute Gasteiger partial charge is 0.406 e. The summed E-state index contributed by atoms with van der Waals surface area (Å²) in [7, 11) is 1.74. The van der Waals surface area contributed by atoms with Crippen LogP contribution in [0.1, 0.15) is 12.0 Å². The fourth-order valence-electron chi connectivity index (χ4n) is 2.63. The summed E-state index contributed by atoms with van der Waals surface area (Å²) in [6, 6.07) is 8.48. The Morgan fingerprint density at radius 3 is 3.14 bits per heavy atom. The third-order valence-electron chi connectivity index (χ3n) is 3.75. The summed E-state index contributed by atoms with van der Waals surface area (Å²) in [5.41, 5.74) is 2.47. The molecule has 1 aliphatic rings. The van der Waals surface area contributed by atoms with Crippen molar-refractivity contribution in [3.63, 3.8) is 0 Å². The van der Waals surface area contributed by atoms with Gasteiger partial charge in [-0.1, -0.05) is 18.2 Å². The van der Waals surface area contributed by atoms with E-state index in [1.165, 1.54) is 11.9 Å². The minimum absolute atomic E-state index is 0.131. The Morgan fingerprint density at radius 2 is 2.33 bits per heavy atom. The van der Waals surface area contributed by atoms with Crippen LogP contribution in [0.4, 0.5) is 17.3 Å². The first-order chi connectivity index (χ1) is 10.1. The molecule has 21 heavy (non-hydrogen) atoms. The highest BCUT2D eigenvalue weighted by Gasteiger charge is 2.22. The van der Waals surface area contributed by atoms with Gasteiger partial charge in [0.15, 0.2) is 0 Å². The number of nitrogens with zero attached hydrogens (tertiary/aromatic N) is 3. The van der Waals surface area contributed by atoms with Crippen molar-refractivity contribution in [2.75, 3.05) is 17.2 Å². The highest BCUT2D eigenvalue weighted by atomic mass is 16.6. The summed E-state index contributed by atoms with van der Waals surface area (Å²) in [5.74, 6) is 0.314. The molecule has 0 unspecified atom stereocenters. The second kappa shape index (κ2) is 5.43. The Balaban J connectivity index is 1.67. The van der Waals surface area contributed by atoms with Gasteiger partial charge in [-0.3, -0.25) is 4.57 Å². The topological polar surface area (TPSA) is 85.0 Å². The van der Waals surface area contributed by atoms with E-state index in [9.17, 15) is 10.1 Å². The number of benzene rings is 1. The summed E-state index contributed by atoms with van der Waals surface area (Å²) in [6.07, 6.45) is 3.46. The van der Waals surface area contributed by atoms with Crippen molar-refractivity contribution in [3.8, 4) is 0 Å². The Morgan fingerprint density at radius 1 is 1.52 bits per heavy atom. The zero-order valence-electron chi connectivity index (χ0n) is 11.7. The SMILES string of the molecule is Cn1cnc([N+](=O)[O-])c1NC[C@H]1CCc2ccccc2N1. The van der Waals surface area contributed by atoms with E-state index >= 15 is 0 Å². The number of fused-ring (bicyclic) bond motifs is 1. The predicted octanol–water partition coefficient (Wildman–Crippen LogP) is 2.17. The number of hydrogen-bond donors (Lipinski definition) is 2. The zero-order valence-corrected chi connectivity index (χ0v) is 11.7. The highest BCUT2D eigenvalue weighted by Crippen LogP contribution is 2.25. The summed E-state index contributed by atoms with van der Waals surface area (Å²) in [5, 5.41) is 17.5. The smallest absolute Gasteiger partial charge is 0.380 e. The number of aryl methyl sites for hydroxylation is 2. The van der Waals surface area contributed by atoms with Crippen LogP contribution < -0.4 is 10.6 Å². The minimum Gasteiger partial charge on any atom is -0.380 e. The fourth-order valence-corrected chi connectivity index (χ4v) is 2.63. The molecule has 1 aliphatic heterocycles. The fraction of sp³-hybridized carbons (Fsp3) is 0.357. The lowest BCUT2D eigenvalue weighted by Gasteiger charge is -2.27. The first-order valence-corrected chi connectivity index (χ1v) is 6.89. The van der Waals surface area contributed by atoms with Crippen molar-refractivity contribution in [3.05, 3.63) is 46.3 Å². The van der Waals surface area contributed by atoms with Gasteiger partial charge in [0, 0.05) is 25.3 Å². The van der Waals surface area contributed by atoms with Crippen LogP contribution in [-0.4, -0.2) is 27.1 Å². The number of nitro groups is 1. The highest BCUT2D eigenvalue weighted by molar-refractivity contribution is 5.55. The van der Waals surface area contributed by atoms with Crippen LogP contribution in [0.15, 0.2) is 30.6 Å². The van der Waals surface area contributed by atoms with Gasteiger partial charge in [0.05, 0.1) is 0 Å². The summed E-state index contributed by atoms with van der Waals surface area (Å²) < 4.78 is 1.63. The first kappa shape index (κ1) is 13.4. The van der Waals surface area contributed by atoms with Crippen LogP contribution >= 0.6 is 0 Å². The lowest BCUT2D eigenvalue weighted by atomic mass is 9.98. The van der Waals surface area contributed by atoms with Crippen molar-refractivity contribution >= 4 is 17.3 Å². The number of anilines is 2. The monoisotopic (exact) mass is 287 g/mol. The van der Waals surface area contributed by atoms with Gasteiger partial charge in [0.2, 0.25) is 12.1 Å². The molecule has 7 heteroatoms. The van der Waals surface area contributed by atoms with Gasteiger partial charge in [-0.15, -0.1) is 0 Å².